The summed E-state index contributed by atoms with van der Waals surface area (Å²) in [4.78, 5) is 0. The molecule has 0 amide bonds. The van der Waals surface area contributed by atoms with Gasteiger partial charge in [-0.05, 0) is 37.1 Å². The van der Waals surface area contributed by atoms with Crippen LogP contribution >= 0.6 is 0 Å². The van der Waals surface area contributed by atoms with Crippen molar-refractivity contribution in [2.45, 2.75) is 19.4 Å². The van der Waals surface area contributed by atoms with E-state index in [1.807, 2.05) is 0 Å². The van der Waals surface area contributed by atoms with Gasteiger partial charge in [0.1, 0.15) is 18.7 Å². The molecule has 4 aromatic rings. The van der Waals surface area contributed by atoms with Crippen molar-refractivity contribution in [1.29, 1.82) is 0 Å². The minimum absolute atomic E-state index is 0.0609. The first-order valence-corrected chi connectivity index (χ1v) is 11.0. The first-order chi connectivity index (χ1) is 15.3. The Bertz CT molecular complexity index is 1550. The Hall–Kier alpha value is -3.27. The zero-order valence-corrected chi connectivity index (χ0v) is 18.4. The van der Waals surface area contributed by atoms with Crippen LogP contribution in [0.4, 0.5) is 22.0 Å². The molecule has 1 heterocycles. The highest BCUT2D eigenvalue weighted by atomic mass is 32.2. The van der Waals surface area contributed by atoms with E-state index in [-0.39, 0.29) is 10.9 Å². The van der Waals surface area contributed by atoms with Gasteiger partial charge in [-0.1, -0.05) is 24.3 Å². The molecule has 0 aliphatic heterocycles. The van der Waals surface area contributed by atoms with E-state index in [2.05, 4.69) is 4.18 Å². The molecule has 0 radical (unpaired) electrons. The number of aromatic nitrogens is 1. The Morgan fingerprint density at radius 1 is 0.909 bits per heavy atom. The lowest BCUT2D eigenvalue weighted by atomic mass is 9.94. The highest BCUT2D eigenvalue weighted by Gasteiger charge is 2.48. The maximum Gasteiger partial charge on any atom is 0.534 e. The molecule has 0 aliphatic carbocycles. The average Bonchev–Trinajstić information content (AvgIpc) is 2.70. The lowest BCUT2D eigenvalue weighted by molar-refractivity contribution is -0.632. The Kier molecular flexibility index (Phi) is 5.31. The number of nitrogens with zero attached hydrogens (tertiary/aromatic N) is 1. The van der Waals surface area contributed by atoms with Crippen LogP contribution in [0.5, 0.6) is 5.75 Å². The summed E-state index contributed by atoms with van der Waals surface area (Å²) in [5, 5.41) is 1.12. The van der Waals surface area contributed by atoms with Crippen LogP contribution in [0.2, 0.25) is 0 Å². The second kappa shape index (κ2) is 7.65. The lowest BCUT2D eigenvalue weighted by Crippen LogP contribution is -2.33. The summed E-state index contributed by atoms with van der Waals surface area (Å²) in [5.41, 5.74) is -3.15. The molecule has 3 aromatic carbocycles. The highest BCUT2D eigenvalue weighted by Crippen LogP contribution is 2.37. The third kappa shape index (κ3) is 3.78. The zero-order chi connectivity index (χ0) is 24.3. The van der Waals surface area contributed by atoms with E-state index in [9.17, 15) is 26.0 Å². The number of rotatable bonds is 3. The number of halogens is 5. The van der Waals surface area contributed by atoms with Crippen LogP contribution in [0.15, 0.2) is 48.5 Å². The number of aryl methyl sites for hydroxylation is 3. The fourth-order valence-electron chi connectivity index (χ4n) is 3.96. The second-order valence-corrected chi connectivity index (χ2v) is 9.18. The van der Waals surface area contributed by atoms with Crippen molar-refractivity contribution in [3.63, 3.8) is 0 Å². The first-order valence-electron chi connectivity index (χ1n) is 9.63. The second-order valence-electron chi connectivity index (χ2n) is 7.65. The van der Waals surface area contributed by atoms with E-state index in [1.165, 1.54) is 23.7 Å². The first kappa shape index (κ1) is 22.9. The normalized spacial score (nSPS) is 12.5. The Labute approximate surface area is 186 Å². The van der Waals surface area contributed by atoms with Crippen molar-refractivity contribution >= 4 is 31.8 Å². The van der Waals surface area contributed by atoms with Crippen LogP contribution in [0.25, 0.3) is 32.9 Å². The van der Waals surface area contributed by atoms with Gasteiger partial charge in [0, 0.05) is 11.5 Å². The van der Waals surface area contributed by atoms with Crippen molar-refractivity contribution in [3.8, 4) is 17.0 Å². The summed E-state index contributed by atoms with van der Waals surface area (Å²) >= 11 is 0. The van der Waals surface area contributed by atoms with Gasteiger partial charge in [0.25, 0.3) is 0 Å². The van der Waals surface area contributed by atoms with Crippen LogP contribution in [-0.2, 0) is 17.2 Å². The lowest BCUT2D eigenvalue weighted by Gasteiger charge is -2.15. The molecule has 0 saturated heterocycles. The molecule has 0 aliphatic rings. The number of benzene rings is 3. The van der Waals surface area contributed by atoms with Crippen molar-refractivity contribution in [2.75, 3.05) is 0 Å². The predicted octanol–water partition coefficient (Wildman–Crippen LogP) is 5.61. The van der Waals surface area contributed by atoms with E-state index in [1.54, 1.807) is 38.1 Å². The average molecular weight is 482 g/mol. The minimum atomic E-state index is -6.00. The Balaban J connectivity index is 2.14. The third-order valence-corrected chi connectivity index (χ3v) is 6.44. The maximum atomic E-state index is 15.2. The van der Waals surface area contributed by atoms with Gasteiger partial charge in [0.2, 0.25) is 11.2 Å². The molecule has 0 unspecified atom stereocenters. The number of alkyl halides is 3. The topological polar surface area (TPSA) is 47.3 Å². The predicted molar refractivity (Wildman–Crippen MR) is 113 cm³/mol. The van der Waals surface area contributed by atoms with Crippen molar-refractivity contribution < 1.29 is 39.1 Å². The van der Waals surface area contributed by atoms with E-state index in [4.69, 9.17) is 0 Å². The van der Waals surface area contributed by atoms with E-state index in [0.717, 1.165) is 11.6 Å². The number of hydrogen-bond acceptors (Lipinski definition) is 3. The molecule has 0 saturated carbocycles. The summed E-state index contributed by atoms with van der Waals surface area (Å²) in [5.74, 6) is -2.30. The number of hydrogen-bond donors (Lipinski definition) is 0. The molecule has 0 spiro atoms. The van der Waals surface area contributed by atoms with Gasteiger partial charge in [0.05, 0.1) is 22.4 Å². The fraction of sp³-hybridized carbons (Fsp3) is 0.174. The fourth-order valence-corrected chi connectivity index (χ4v) is 4.41. The molecule has 0 N–H and O–H groups in total. The van der Waals surface area contributed by atoms with Gasteiger partial charge in [0.15, 0.2) is 5.75 Å². The van der Waals surface area contributed by atoms with Gasteiger partial charge in [-0.25, -0.2) is 8.78 Å². The van der Waals surface area contributed by atoms with Crippen LogP contribution in [0.3, 0.4) is 0 Å². The smallest absolute Gasteiger partial charge is 0.376 e. The highest BCUT2D eigenvalue weighted by molar-refractivity contribution is 7.88. The van der Waals surface area contributed by atoms with Gasteiger partial charge in [-0.3, -0.25) is 0 Å². The summed E-state index contributed by atoms with van der Waals surface area (Å²) in [6, 6.07) is 10.9. The van der Waals surface area contributed by atoms with Gasteiger partial charge in [-0.2, -0.15) is 26.2 Å². The van der Waals surface area contributed by atoms with E-state index in [0.29, 0.717) is 33.7 Å². The van der Waals surface area contributed by atoms with E-state index < -0.39 is 33.0 Å². The Morgan fingerprint density at radius 3 is 2.27 bits per heavy atom. The van der Waals surface area contributed by atoms with E-state index >= 15 is 4.39 Å². The molecule has 1 aromatic heterocycles. The molecule has 0 fully saturated rings. The monoisotopic (exact) mass is 482 g/mol. The quantitative estimate of drug-likeness (QED) is 0.125. The van der Waals surface area contributed by atoms with Gasteiger partial charge >= 0.3 is 15.6 Å². The Morgan fingerprint density at radius 2 is 1.61 bits per heavy atom. The van der Waals surface area contributed by atoms with Gasteiger partial charge < -0.3 is 4.18 Å². The molecule has 0 atom stereocenters. The minimum Gasteiger partial charge on any atom is -0.376 e. The third-order valence-electron chi connectivity index (χ3n) is 5.46. The van der Waals surface area contributed by atoms with Crippen molar-refractivity contribution in [2.24, 2.45) is 7.05 Å². The van der Waals surface area contributed by atoms with Crippen LogP contribution in [0.1, 0.15) is 11.1 Å². The molecular formula is C23H17F5NO3S+. The summed E-state index contributed by atoms with van der Waals surface area (Å²) in [7, 11) is -4.46. The zero-order valence-electron chi connectivity index (χ0n) is 17.6. The van der Waals surface area contributed by atoms with Crippen LogP contribution in [-0.4, -0.2) is 13.9 Å². The van der Waals surface area contributed by atoms with Crippen LogP contribution in [0, 0.1) is 25.5 Å². The maximum absolute atomic E-state index is 15.2. The number of fused-ring (bicyclic) bond motifs is 3. The van der Waals surface area contributed by atoms with Crippen LogP contribution < -0.4 is 8.75 Å². The number of pyridine rings is 1. The molecule has 10 heteroatoms. The molecule has 172 valence electrons. The molecule has 33 heavy (non-hydrogen) atoms. The summed E-state index contributed by atoms with van der Waals surface area (Å²) in [6.45, 7) is 3.57. The SMILES string of the molecule is Cc1ccc(F)cc1-c1c2c(C)cccc2c2c(F)cc(OS(=O)(=O)C(F)(F)F)cc2[n+]1C. The largest absolute Gasteiger partial charge is 0.534 e. The van der Waals surface area contributed by atoms with Gasteiger partial charge in [-0.15, -0.1) is 0 Å². The van der Waals surface area contributed by atoms with Crippen molar-refractivity contribution in [3.05, 3.63) is 71.3 Å². The molecule has 0 bridgehead atoms. The summed E-state index contributed by atoms with van der Waals surface area (Å²) in [6.07, 6.45) is 0. The summed E-state index contributed by atoms with van der Waals surface area (Å²) < 4.78 is 96.3. The van der Waals surface area contributed by atoms with Crippen molar-refractivity contribution in [1.82, 2.24) is 0 Å². The standard InChI is InChI=1S/C23H17F5NO3S/c1-12-7-8-14(24)9-17(12)22-20-13(2)5-4-6-16(20)21-18(25)10-15(11-19(21)29(22)3)32-33(30,31)23(26,27)28/h4-11H,1-3H3/q+1. The molecule has 4 nitrogen and oxygen atoms in total. The molecule has 4 rings (SSSR count). The molecular weight excluding hydrogens is 465 g/mol.